The summed E-state index contributed by atoms with van der Waals surface area (Å²) in [7, 11) is 0. The zero-order valence-electron chi connectivity index (χ0n) is 18.4. The number of allylic oxidation sites excluding steroid dienone is 1. The lowest BCUT2D eigenvalue weighted by molar-refractivity contribution is 0.404. The van der Waals surface area contributed by atoms with Crippen LogP contribution < -0.4 is 10.2 Å². The molecule has 1 N–H and O–H groups in total. The minimum atomic E-state index is -0.326. The highest BCUT2D eigenvalue weighted by atomic mass is 35.5. The minimum absolute atomic E-state index is 0.301. The molecule has 5 rings (SSSR count). The molecule has 5 nitrogen and oxygen atoms in total. The van der Waals surface area contributed by atoms with Crippen LogP contribution in [-0.4, -0.2) is 15.3 Å². The van der Waals surface area contributed by atoms with Crippen molar-refractivity contribution in [3.05, 3.63) is 106 Å². The number of halogens is 2. The third kappa shape index (κ3) is 4.20. The average Bonchev–Trinajstić information content (AvgIpc) is 3.29. The van der Waals surface area contributed by atoms with E-state index in [0.717, 1.165) is 28.1 Å². The van der Waals surface area contributed by atoms with Gasteiger partial charge < -0.3 is 9.84 Å². The van der Waals surface area contributed by atoms with Gasteiger partial charge in [0.25, 0.3) is 5.89 Å². The molecule has 4 aromatic rings. The van der Waals surface area contributed by atoms with Gasteiger partial charge in [0.2, 0.25) is 5.82 Å². The molecule has 1 atom stereocenters. The van der Waals surface area contributed by atoms with Crippen LogP contribution in [0.25, 0.3) is 17.0 Å². The van der Waals surface area contributed by atoms with E-state index in [9.17, 15) is 4.39 Å². The Hall–Kier alpha value is -3.55. The maximum Gasteiger partial charge on any atom is 0.258 e. The largest absolute Gasteiger partial charge is 0.351 e. The maximum absolute atomic E-state index is 13.4. The van der Waals surface area contributed by atoms with Crippen molar-refractivity contribution in [1.29, 1.82) is 0 Å². The Morgan fingerprint density at radius 1 is 1.03 bits per heavy atom. The summed E-state index contributed by atoms with van der Waals surface area (Å²) in [4.78, 5) is 6.56. The molecule has 0 bridgehead atoms. The van der Waals surface area contributed by atoms with Crippen LogP contribution in [0.1, 0.15) is 30.0 Å². The first-order valence-corrected chi connectivity index (χ1v) is 11.4. The van der Waals surface area contributed by atoms with E-state index in [4.69, 9.17) is 28.3 Å². The second-order valence-electron chi connectivity index (χ2n) is 8.04. The number of anilines is 1. The van der Waals surface area contributed by atoms with Gasteiger partial charge in [0.1, 0.15) is 5.82 Å². The fourth-order valence-corrected chi connectivity index (χ4v) is 4.55. The van der Waals surface area contributed by atoms with Crippen LogP contribution in [0.2, 0.25) is 5.02 Å². The summed E-state index contributed by atoms with van der Waals surface area (Å²) in [6.07, 6.45) is 0. The van der Waals surface area contributed by atoms with Crippen molar-refractivity contribution < 1.29 is 8.91 Å². The van der Waals surface area contributed by atoms with E-state index >= 15 is 0 Å². The third-order valence-electron chi connectivity index (χ3n) is 5.72. The third-order valence-corrected chi connectivity index (χ3v) is 6.26. The van der Waals surface area contributed by atoms with Crippen LogP contribution >= 0.6 is 23.8 Å². The Labute approximate surface area is 206 Å². The molecule has 170 valence electrons. The van der Waals surface area contributed by atoms with Crippen LogP contribution in [-0.2, 0) is 0 Å². The van der Waals surface area contributed by atoms with Gasteiger partial charge in [-0.3, -0.25) is 4.90 Å². The number of aryl methyl sites for hydroxylation is 1. The van der Waals surface area contributed by atoms with Crippen LogP contribution in [0, 0.1) is 12.7 Å². The number of rotatable bonds is 4. The Morgan fingerprint density at radius 2 is 1.76 bits per heavy atom. The number of thiocarbonyl (C=S) groups is 1. The van der Waals surface area contributed by atoms with Gasteiger partial charge in [0, 0.05) is 22.0 Å². The molecule has 0 amide bonds. The number of benzene rings is 3. The minimum Gasteiger partial charge on any atom is -0.351 e. The van der Waals surface area contributed by atoms with Crippen molar-refractivity contribution in [2.45, 2.75) is 19.9 Å². The number of hydrogen-bond acceptors (Lipinski definition) is 4. The smallest absolute Gasteiger partial charge is 0.258 e. The predicted octanol–water partition coefficient (Wildman–Crippen LogP) is 6.70. The maximum atomic E-state index is 13.4. The van der Waals surface area contributed by atoms with Crippen molar-refractivity contribution in [3.8, 4) is 11.4 Å². The lowest BCUT2D eigenvalue weighted by Crippen LogP contribution is -2.46. The first kappa shape index (κ1) is 22.3. The molecule has 8 heteroatoms. The molecule has 34 heavy (non-hydrogen) atoms. The summed E-state index contributed by atoms with van der Waals surface area (Å²) in [5.41, 5.74) is 5.27. The van der Waals surface area contributed by atoms with Crippen LogP contribution in [0.3, 0.4) is 0 Å². The first-order valence-electron chi connectivity index (χ1n) is 10.6. The monoisotopic (exact) mass is 490 g/mol. The summed E-state index contributed by atoms with van der Waals surface area (Å²) in [6.45, 7) is 4.00. The molecule has 0 spiro atoms. The molecule has 2 heterocycles. The molecule has 1 aliphatic heterocycles. The van der Waals surface area contributed by atoms with E-state index in [-0.39, 0.29) is 11.9 Å². The van der Waals surface area contributed by atoms with Crippen molar-refractivity contribution in [2.75, 3.05) is 4.90 Å². The molecule has 0 aliphatic carbocycles. The predicted molar refractivity (Wildman–Crippen MR) is 136 cm³/mol. The summed E-state index contributed by atoms with van der Waals surface area (Å²) < 4.78 is 19.1. The zero-order chi connectivity index (χ0) is 23.8. The highest BCUT2D eigenvalue weighted by molar-refractivity contribution is 7.80. The van der Waals surface area contributed by atoms with Gasteiger partial charge >= 0.3 is 0 Å². The lowest BCUT2D eigenvalue weighted by Gasteiger charge is -2.37. The molecule has 1 unspecified atom stereocenters. The Bertz CT molecular complexity index is 1400. The van der Waals surface area contributed by atoms with E-state index in [0.29, 0.717) is 27.4 Å². The first-order chi connectivity index (χ1) is 16.4. The molecule has 0 saturated heterocycles. The Balaban J connectivity index is 1.65. The van der Waals surface area contributed by atoms with Crippen LogP contribution in [0.5, 0.6) is 0 Å². The molecule has 3 aromatic carbocycles. The molecule has 1 aromatic heterocycles. The summed E-state index contributed by atoms with van der Waals surface area (Å²) in [5.74, 6) is 0.400. The van der Waals surface area contributed by atoms with Gasteiger partial charge in [0.15, 0.2) is 5.11 Å². The standard InChI is InChI=1S/C26H20ClFN4OS/c1-15-6-8-17(9-7-15)23-22(25-30-24(31-33-25)18-10-12-20(28)13-11-18)16(2)32(26(34)29-23)21-5-3-4-19(27)14-21/h3-14,23H,1-2H3,(H,29,34). The van der Waals surface area contributed by atoms with Gasteiger partial charge in [-0.25, -0.2) is 4.39 Å². The normalized spacial score (nSPS) is 16.1. The highest BCUT2D eigenvalue weighted by Gasteiger charge is 2.34. The van der Waals surface area contributed by atoms with Gasteiger partial charge in [-0.15, -0.1) is 0 Å². The Morgan fingerprint density at radius 3 is 2.47 bits per heavy atom. The second-order valence-corrected chi connectivity index (χ2v) is 8.86. The average molecular weight is 491 g/mol. The van der Waals surface area contributed by atoms with Crippen LogP contribution in [0.4, 0.5) is 10.1 Å². The van der Waals surface area contributed by atoms with E-state index in [2.05, 4.69) is 27.6 Å². The van der Waals surface area contributed by atoms with Gasteiger partial charge in [-0.2, -0.15) is 4.98 Å². The van der Waals surface area contributed by atoms with Crippen molar-refractivity contribution in [3.63, 3.8) is 0 Å². The van der Waals surface area contributed by atoms with E-state index < -0.39 is 0 Å². The Kier molecular flexibility index (Phi) is 5.89. The second kappa shape index (κ2) is 9.00. The lowest BCUT2D eigenvalue weighted by atomic mass is 9.94. The van der Waals surface area contributed by atoms with Crippen LogP contribution in [0.15, 0.2) is 83.0 Å². The summed E-state index contributed by atoms with van der Waals surface area (Å²) in [5, 5.41) is 8.73. The number of hydrogen-bond donors (Lipinski definition) is 1. The van der Waals surface area contributed by atoms with Gasteiger partial charge in [-0.1, -0.05) is 52.7 Å². The quantitative estimate of drug-likeness (QED) is 0.321. The molecular formula is C26H20ClFN4OS. The van der Waals surface area contributed by atoms with Gasteiger partial charge in [0.05, 0.1) is 11.6 Å². The zero-order valence-corrected chi connectivity index (χ0v) is 20.0. The molecule has 0 radical (unpaired) electrons. The van der Waals surface area contributed by atoms with Crippen molar-refractivity contribution in [2.24, 2.45) is 0 Å². The molecular weight excluding hydrogens is 471 g/mol. The number of nitrogens with zero attached hydrogens (tertiary/aromatic N) is 3. The fraction of sp³-hybridized carbons (Fsp3) is 0.115. The topological polar surface area (TPSA) is 54.2 Å². The highest BCUT2D eigenvalue weighted by Crippen LogP contribution is 2.39. The molecule has 1 aliphatic rings. The van der Waals surface area contributed by atoms with Gasteiger partial charge in [-0.05, 0) is 74.1 Å². The number of aromatic nitrogens is 2. The summed E-state index contributed by atoms with van der Waals surface area (Å²) >= 11 is 12.0. The number of nitrogens with one attached hydrogen (secondary N) is 1. The SMILES string of the molecule is CC1=C(c2nc(-c3ccc(F)cc3)no2)C(c2ccc(C)cc2)NC(=S)N1c1cccc(Cl)c1. The fourth-order valence-electron chi connectivity index (χ4n) is 4.00. The molecule has 0 saturated carbocycles. The van der Waals surface area contributed by atoms with E-state index in [1.807, 2.05) is 55.1 Å². The van der Waals surface area contributed by atoms with E-state index in [1.54, 1.807) is 12.1 Å². The van der Waals surface area contributed by atoms with Crippen molar-refractivity contribution in [1.82, 2.24) is 15.5 Å². The summed E-state index contributed by atoms with van der Waals surface area (Å²) in [6, 6.07) is 21.3. The van der Waals surface area contributed by atoms with Crippen molar-refractivity contribution >= 4 is 40.2 Å². The molecule has 0 fully saturated rings. The van der Waals surface area contributed by atoms with E-state index in [1.165, 1.54) is 12.1 Å².